The predicted molar refractivity (Wildman–Crippen MR) is 98.4 cm³/mol. The van der Waals surface area contributed by atoms with Crippen LogP contribution < -0.4 is 10.6 Å². The maximum atomic E-state index is 4.54. The second-order valence-corrected chi connectivity index (χ2v) is 7.12. The lowest BCUT2D eigenvalue weighted by atomic mass is 9.94. The highest BCUT2D eigenvalue weighted by atomic mass is 127. The molecule has 0 aromatic carbocycles. The van der Waals surface area contributed by atoms with Gasteiger partial charge in [0.05, 0.1) is 0 Å². The van der Waals surface area contributed by atoms with E-state index in [2.05, 4.69) is 32.3 Å². The van der Waals surface area contributed by atoms with Crippen LogP contribution in [0.5, 0.6) is 0 Å². The van der Waals surface area contributed by atoms with E-state index in [9.17, 15) is 0 Å². The van der Waals surface area contributed by atoms with Crippen molar-refractivity contribution in [1.29, 1.82) is 0 Å². The number of thioether (sulfide) groups is 1. The quantitative estimate of drug-likeness (QED) is 0.698. The molecule has 1 saturated heterocycles. The summed E-state index contributed by atoms with van der Waals surface area (Å²) in [7, 11) is 0. The third-order valence-corrected chi connectivity index (χ3v) is 5.64. The molecule has 116 valence electrons. The van der Waals surface area contributed by atoms with Crippen molar-refractivity contribution in [3.8, 4) is 0 Å². The van der Waals surface area contributed by atoms with Gasteiger partial charge in [0.2, 0.25) is 0 Å². The van der Waals surface area contributed by atoms with E-state index in [1.807, 2.05) is 0 Å². The number of halogens is 1. The van der Waals surface area contributed by atoms with Gasteiger partial charge >= 0.3 is 0 Å². The third kappa shape index (κ3) is 3.94. The fourth-order valence-corrected chi connectivity index (χ4v) is 4.48. The van der Waals surface area contributed by atoms with Crippen molar-refractivity contribution < 1.29 is 0 Å². The Labute approximate surface area is 143 Å². The Morgan fingerprint density at radius 2 is 1.95 bits per heavy atom. The normalized spacial score (nSPS) is 26.3. The fraction of sp³-hybridized carbons (Fsp3) is 0.929. The molecule has 2 N–H and O–H groups in total. The molecule has 2 heterocycles. The lowest BCUT2D eigenvalue weighted by Gasteiger charge is -2.43. The first kappa shape index (κ1) is 16.7. The third-order valence-electron chi connectivity index (χ3n) is 4.70. The molecule has 0 atom stereocenters. The van der Waals surface area contributed by atoms with Crippen molar-refractivity contribution in [3.05, 3.63) is 0 Å². The maximum absolute atomic E-state index is 4.54. The summed E-state index contributed by atoms with van der Waals surface area (Å²) in [5.74, 6) is 3.64. The van der Waals surface area contributed by atoms with Crippen LogP contribution in [0, 0.1) is 0 Å². The van der Waals surface area contributed by atoms with Gasteiger partial charge in [-0.3, -0.25) is 9.89 Å². The summed E-state index contributed by atoms with van der Waals surface area (Å²) in [5, 5.41) is 6.97. The second kappa shape index (κ2) is 8.08. The van der Waals surface area contributed by atoms with Gasteiger partial charge in [-0.05, 0) is 19.3 Å². The Bertz CT molecular complexity index is 325. The topological polar surface area (TPSA) is 39.7 Å². The van der Waals surface area contributed by atoms with Crippen LogP contribution in [-0.2, 0) is 0 Å². The summed E-state index contributed by atoms with van der Waals surface area (Å²) >= 11 is 2.10. The fourth-order valence-electron chi connectivity index (χ4n) is 3.57. The zero-order valence-corrected chi connectivity index (χ0v) is 15.3. The van der Waals surface area contributed by atoms with Gasteiger partial charge in [0.25, 0.3) is 0 Å². The molecule has 0 aromatic heterocycles. The minimum Gasteiger partial charge on any atom is -0.356 e. The van der Waals surface area contributed by atoms with Gasteiger partial charge in [0, 0.05) is 49.8 Å². The molecule has 4 nitrogen and oxygen atoms in total. The molecule has 3 aliphatic rings. The number of hydrogen-bond donors (Lipinski definition) is 2. The number of nitrogens with one attached hydrogen (secondary N) is 2. The molecule has 0 bridgehead atoms. The highest BCUT2D eigenvalue weighted by molar-refractivity contribution is 14.0. The number of guanidine groups is 1. The van der Waals surface area contributed by atoms with E-state index in [1.165, 1.54) is 56.7 Å². The smallest absolute Gasteiger partial charge is 0.191 e. The lowest BCUT2D eigenvalue weighted by Crippen LogP contribution is -2.58. The number of nitrogens with zero attached hydrogens (tertiary/aromatic N) is 2. The summed E-state index contributed by atoms with van der Waals surface area (Å²) < 4.78 is 0. The molecule has 3 rings (SSSR count). The molecule has 6 heteroatoms. The molecule has 0 radical (unpaired) electrons. The van der Waals surface area contributed by atoms with Crippen molar-refractivity contribution in [1.82, 2.24) is 15.5 Å². The lowest BCUT2D eigenvalue weighted by molar-refractivity contribution is 0.107. The standard InChI is InChI=1S/C14H26N4S.HI/c1-2-5-14(4-1,18-8-10-19-11-9-18)12-17-13-15-6-3-7-16-13;/h1-12H2,(H2,15,16,17);1H. The minimum atomic E-state index is 0. The van der Waals surface area contributed by atoms with Crippen LogP contribution in [0.25, 0.3) is 0 Å². The molecule has 0 spiro atoms. The van der Waals surface area contributed by atoms with Gasteiger partial charge in [-0.1, -0.05) is 12.8 Å². The first-order chi connectivity index (χ1) is 9.39. The van der Waals surface area contributed by atoms with Crippen molar-refractivity contribution in [2.24, 2.45) is 4.99 Å². The van der Waals surface area contributed by atoms with Gasteiger partial charge in [0.1, 0.15) is 0 Å². The van der Waals surface area contributed by atoms with Gasteiger partial charge in [0.15, 0.2) is 5.96 Å². The summed E-state index contributed by atoms with van der Waals surface area (Å²) in [5.41, 5.74) is 0.405. The van der Waals surface area contributed by atoms with E-state index in [1.54, 1.807) is 0 Å². The van der Waals surface area contributed by atoms with Gasteiger partial charge in [-0.25, -0.2) is 0 Å². The minimum absolute atomic E-state index is 0. The first-order valence-electron chi connectivity index (χ1n) is 7.74. The molecule has 1 saturated carbocycles. The largest absolute Gasteiger partial charge is 0.356 e. The van der Waals surface area contributed by atoms with Crippen molar-refractivity contribution in [3.63, 3.8) is 0 Å². The zero-order chi connectivity index (χ0) is 13.0. The van der Waals surface area contributed by atoms with E-state index in [4.69, 9.17) is 0 Å². The van der Waals surface area contributed by atoms with Crippen LogP contribution in [0.1, 0.15) is 32.1 Å². The Kier molecular flexibility index (Phi) is 6.74. The van der Waals surface area contributed by atoms with Crippen molar-refractivity contribution >= 4 is 41.7 Å². The van der Waals surface area contributed by atoms with Crippen LogP contribution in [0.2, 0.25) is 0 Å². The first-order valence-corrected chi connectivity index (χ1v) is 8.90. The van der Waals surface area contributed by atoms with E-state index in [-0.39, 0.29) is 24.0 Å². The average molecular weight is 410 g/mol. The van der Waals surface area contributed by atoms with Crippen LogP contribution in [0.15, 0.2) is 4.99 Å². The van der Waals surface area contributed by atoms with Crippen LogP contribution in [-0.4, -0.2) is 60.6 Å². The Morgan fingerprint density at radius 3 is 2.60 bits per heavy atom. The van der Waals surface area contributed by atoms with E-state index < -0.39 is 0 Å². The Balaban J connectivity index is 0.00000147. The highest BCUT2D eigenvalue weighted by Gasteiger charge is 2.39. The molecule has 0 aromatic rings. The van der Waals surface area contributed by atoms with E-state index >= 15 is 0 Å². The van der Waals surface area contributed by atoms with E-state index in [0.29, 0.717) is 5.54 Å². The zero-order valence-electron chi connectivity index (χ0n) is 12.2. The average Bonchev–Trinajstić information content (AvgIpc) is 2.97. The highest BCUT2D eigenvalue weighted by Crippen LogP contribution is 2.36. The second-order valence-electron chi connectivity index (χ2n) is 5.90. The number of aliphatic imine (C=N–C) groups is 1. The number of hydrogen-bond acceptors (Lipinski definition) is 5. The van der Waals surface area contributed by atoms with Gasteiger partial charge < -0.3 is 10.6 Å². The van der Waals surface area contributed by atoms with Crippen LogP contribution >= 0.6 is 35.7 Å². The molecule has 1 aliphatic carbocycles. The Morgan fingerprint density at radius 1 is 1.20 bits per heavy atom. The van der Waals surface area contributed by atoms with E-state index in [0.717, 1.165) is 25.6 Å². The predicted octanol–water partition coefficient (Wildman–Crippen LogP) is 1.90. The van der Waals surface area contributed by atoms with Crippen LogP contribution in [0.3, 0.4) is 0 Å². The van der Waals surface area contributed by atoms with Crippen molar-refractivity contribution in [2.45, 2.75) is 37.6 Å². The summed E-state index contributed by atoms with van der Waals surface area (Å²) in [6.07, 6.45) is 6.67. The summed E-state index contributed by atoms with van der Waals surface area (Å²) in [4.78, 5) is 7.30. The molecule has 0 amide bonds. The maximum Gasteiger partial charge on any atom is 0.191 e. The monoisotopic (exact) mass is 410 g/mol. The molecular weight excluding hydrogens is 383 g/mol. The molecule has 2 aliphatic heterocycles. The van der Waals surface area contributed by atoms with Crippen molar-refractivity contribution in [2.75, 3.05) is 44.2 Å². The van der Waals surface area contributed by atoms with Gasteiger partial charge in [-0.2, -0.15) is 11.8 Å². The summed E-state index contributed by atoms with van der Waals surface area (Å²) in [6, 6.07) is 0. The summed E-state index contributed by atoms with van der Waals surface area (Å²) in [6.45, 7) is 5.66. The number of rotatable bonds is 3. The molecular formula is C14H27IN4S. The Hall–Kier alpha value is 0.310. The molecule has 20 heavy (non-hydrogen) atoms. The van der Waals surface area contributed by atoms with Crippen LogP contribution in [0.4, 0.5) is 0 Å². The SMILES string of the molecule is C1CN=C(NCC2(N3CCSCC3)CCCC2)NC1.I. The molecule has 0 unspecified atom stereocenters. The molecule has 2 fully saturated rings. The van der Waals surface area contributed by atoms with Gasteiger partial charge in [-0.15, -0.1) is 24.0 Å².